The Hall–Kier alpha value is -19.1. The summed E-state index contributed by atoms with van der Waals surface area (Å²) in [7, 11) is 0. The third kappa shape index (κ3) is 16.5. The van der Waals surface area contributed by atoms with Crippen LogP contribution in [0.4, 0.5) is 0 Å². The van der Waals surface area contributed by atoms with Gasteiger partial charge in [0, 0.05) is 50.1 Å². The predicted molar refractivity (Wildman–Crippen MR) is 591 cm³/mol. The summed E-state index contributed by atoms with van der Waals surface area (Å²) < 4.78 is 0. The van der Waals surface area contributed by atoms with Gasteiger partial charge in [0.05, 0.1) is 0 Å². The molecule has 0 atom stereocenters. The predicted octanol–water partition coefficient (Wildman–Crippen LogP) is 34.5. The summed E-state index contributed by atoms with van der Waals surface area (Å²) in [5, 5.41) is 24.1. The maximum Gasteiger partial charge on any atom is 0.164 e. The molecule has 0 saturated carbocycles. The summed E-state index contributed by atoms with van der Waals surface area (Å²) in [5.74, 6) is 5.84. The van der Waals surface area contributed by atoms with Crippen LogP contribution in [0.25, 0.3) is 266 Å². The zero-order valence-corrected chi connectivity index (χ0v) is 77.1. The first-order valence-electron chi connectivity index (χ1n) is 47.9. The third-order valence-electron chi connectivity index (χ3n) is 27.1. The summed E-state index contributed by atoms with van der Waals surface area (Å²) in [5.41, 5.74) is 20.2. The van der Waals surface area contributed by atoms with Crippen molar-refractivity contribution in [3.05, 3.63) is 516 Å². The van der Waals surface area contributed by atoms with Crippen LogP contribution in [0.5, 0.6) is 0 Å². The van der Waals surface area contributed by atoms with Gasteiger partial charge in [-0.05, 0) is 212 Å². The van der Waals surface area contributed by atoms with Crippen molar-refractivity contribution in [2.24, 2.45) is 0 Å². The zero-order chi connectivity index (χ0) is 94.2. The Morgan fingerprint density at radius 3 is 0.824 bits per heavy atom. The Kier molecular flexibility index (Phi) is 22.2. The molecule has 0 radical (unpaired) electrons. The van der Waals surface area contributed by atoms with Crippen molar-refractivity contribution in [1.29, 1.82) is 0 Å². The van der Waals surface area contributed by atoms with Crippen molar-refractivity contribution in [2.75, 3.05) is 0 Å². The molecule has 0 aliphatic carbocycles. The van der Waals surface area contributed by atoms with E-state index < -0.39 is 0 Å². The molecule has 27 aromatic rings. The molecule has 0 unspecified atom stereocenters. The van der Waals surface area contributed by atoms with E-state index in [1.807, 2.05) is 78.9 Å². The lowest BCUT2D eigenvalue weighted by molar-refractivity contribution is 1.07. The van der Waals surface area contributed by atoms with E-state index in [2.05, 4.69) is 437 Å². The van der Waals surface area contributed by atoms with Gasteiger partial charge in [-0.3, -0.25) is 0 Å². The first kappa shape index (κ1) is 84.6. The van der Waals surface area contributed by atoms with Crippen molar-refractivity contribution >= 4 is 108 Å². The van der Waals surface area contributed by atoms with Gasteiger partial charge in [-0.15, -0.1) is 0 Å². The molecule has 9 nitrogen and oxygen atoms in total. The van der Waals surface area contributed by atoms with E-state index in [-0.39, 0.29) is 0 Å². The van der Waals surface area contributed by atoms with E-state index in [0.29, 0.717) is 52.4 Å². The lowest BCUT2D eigenvalue weighted by atomic mass is 9.89. The SMILES string of the molecule is c1ccc(-c2ccc(-c3nc(-c4ccccc4)nc(-c4ccc(-c5cc6ccccc6c6ccccc56)c5ccccc45)n3)cc2)cc1.c1ccc(-c2cccc(-c3nc(-c4ccccc4)nc(-c4cc5ccccc5cc4-c4ccc5c(ccc6ccccc65)c4)n3)c2)cc1.c1ccc(-c2nc(-c3ccc4ccccc4c3)nc(-c3cccc4c(-c5cc6ccccc6c6ccccc56)cccc34)n2)cc1. The van der Waals surface area contributed by atoms with Crippen molar-refractivity contribution in [3.8, 4) is 158 Å². The third-order valence-corrected chi connectivity index (χ3v) is 27.1. The second-order valence-corrected chi connectivity index (χ2v) is 35.7. The van der Waals surface area contributed by atoms with Gasteiger partial charge in [0.1, 0.15) is 0 Å². The quantitative estimate of drug-likeness (QED) is 0.0981. The number of hydrogen-bond acceptors (Lipinski definition) is 9. The average Bonchev–Trinajstić information content (AvgIpc) is 0.746. The first-order valence-corrected chi connectivity index (χ1v) is 47.9. The van der Waals surface area contributed by atoms with Crippen LogP contribution in [0.3, 0.4) is 0 Å². The number of benzene rings is 24. The van der Waals surface area contributed by atoms with E-state index in [4.69, 9.17) is 44.9 Å². The Bertz CT molecular complexity index is 9540. The molecule has 24 aromatic carbocycles. The molecule has 142 heavy (non-hydrogen) atoms. The van der Waals surface area contributed by atoms with Gasteiger partial charge >= 0.3 is 0 Å². The van der Waals surface area contributed by atoms with Crippen LogP contribution < -0.4 is 0 Å². The Labute approximate surface area is 820 Å². The Morgan fingerprint density at radius 2 is 0.324 bits per heavy atom. The number of fused-ring (bicyclic) bond motifs is 13. The van der Waals surface area contributed by atoms with Crippen LogP contribution in [0.1, 0.15) is 0 Å². The Morgan fingerprint density at radius 1 is 0.0845 bits per heavy atom. The maximum atomic E-state index is 5.21. The van der Waals surface area contributed by atoms with Gasteiger partial charge in [0.2, 0.25) is 0 Å². The molecule has 0 spiro atoms. The summed E-state index contributed by atoms with van der Waals surface area (Å²) in [4.78, 5) is 45.8. The summed E-state index contributed by atoms with van der Waals surface area (Å²) in [6, 6.07) is 181. The molecule has 0 amide bonds. The molecule has 0 aliphatic rings. The van der Waals surface area contributed by atoms with E-state index in [0.717, 1.165) is 110 Å². The van der Waals surface area contributed by atoms with Gasteiger partial charge in [0.25, 0.3) is 0 Å². The highest BCUT2D eigenvalue weighted by molar-refractivity contribution is 6.19. The highest BCUT2D eigenvalue weighted by Gasteiger charge is 2.24. The molecule has 0 saturated heterocycles. The number of hydrogen-bond donors (Lipinski definition) is 0. The second-order valence-electron chi connectivity index (χ2n) is 35.7. The van der Waals surface area contributed by atoms with E-state index >= 15 is 0 Å². The van der Waals surface area contributed by atoms with Crippen LogP contribution in [0.15, 0.2) is 516 Å². The number of aromatic nitrogens is 9. The highest BCUT2D eigenvalue weighted by Crippen LogP contribution is 2.46. The molecule has 662 valence electrons. The highest BCUT2D eigenvalue weighted by atomic mass is 15.1. The van der Waals surface area contributed by atoms with Gasteiger partial charge in [-0.1, -0.05) is 467 Å². The van der Waals surface area contributed by atoms with E-state index in [1.54, 1.807) is 0 Å². The maximum absolute atomic E-state index is 5.21. The zero-order valence-electron chi connectivity index (χ0n) is 77.1. The van der Waals surface area contributed by atoms with E-state index in [1.165, 1.54) is 103 Å². The standard InChI is InChI=1S/2C45H29N3.C43H27N3/c1-3-13-30(14-4-1)31-23-25-33(26-24-31)44-46-43(32-15-5-2-6-16-32)47-45(48-44)41-28-27-40(37-20-10-11-21-38(37)41)42-29-34-17-7-8-18-35(34)36-19-9-12-22-39(36)42;1-3-12-30(13-4-1)33-19-11-20-38(26-33)44-46-43(32-15-5-2-6-16-32)47-45(48-44)42-29-35-18-8-7-17-34(35)28-41(42)37-24-25-40-36(27-37)23-22-31-14-9-10-21-39(31)40;1-2-13-29(14-3-1)41-44-42(32-25-24-28-12-4-5-15-30(28)26-32)46-43(45-41)39-23-11-20-35-36(39)21-10-22-38(35)40-27-31-16-6-7-17-33(31)34-18-8-9-19-37(34)40/h2*1-29H;1-27H. The molecule has 0 bridgehead atoms. The van der Waals surface area contributed by atoms with Crippen molar-refractivity contribution in [3.63, 3.8) is 0 Å². The molecule has 3 aromatic heterocycles. The van der Waals surface area contributed by atoms with Crippen LogP contribution in [0.2, 0.25) is 0 Å². The molecule has 0 N–H and O–H groups in total. The fourth-order valence-electron chi connectivity index (χ4n) is 20.1. The molecule has 3 heterocycles. The fourth-order valence-corrected chi connectivity index (χ4v) is 20.1. The van der Waals surface area contributed by atoms with Gasteiger partial charge in [0.15, 0.2) is 52.4 Å². The first-order chi connectivity index (χ1) is 70.4. The minimum Gasteiger partial charge on any atom is -0.208 e. The topological polar surface area (TPSA) is 116 Å². The van der Waals surface area contributed by atoms with Crippen LogP contribution >= 0.6 is 0 Å². The summed E-state index contributed by atoms with van der Waals surface area (Å²) in [6.45, 7) is 0. The van der Waals surface area contributed by atoms with Gasteiger partial charge in [-0.2, -0.15) is 0 Å². The van der Waals surface area contributed by atoms with E-state index in [9.17, 15) is 0 Å². The molecular formula is C133H85N9. The second kappa shape index (κ2) is 37.2. The Balaban J connectivity index is 0.000000112. The molecule has 0 fully saturated rings. The lowest BCUT2D eigenvalue weighted by Crippen LogP contribution is -2.01. The molecular weight excluding hydrogens is 1720 g/mol. The average molecular weight is 1810 g/mol. The number of nitrogens with zero attached hydrogens (tertiary/aromatic N) is 9. The molecule has 27 rings (SSSR count). The summed E-state index contributed by atoms with van der Waals surface area (Å²) >= 11 is 0. The van der Waals surface area contributed by atoms with Crippen LogP contribution in [0, 0.1) is 0 Å². The molecule has 9 heteroatoms. The smallest absolute Gasteiger partial charge is 0.164 e. The lowest BCUT2D eigenvalue weighted by Gasteiger charge is -2.15. The normalized spacial score (nSPS) is 11.4. The minimum atomic E-state index is 0.640. The fraction of sp³-hybridized carbons (Fsp3) is 0. The van der Waals surface area contributed by atoms with Crippen molar-refractivity contribution < 1.29 is 0 Å². The van der Waals surface area contributed by atoms with Crippen LogP contribution in [-0.4, -0.2) is 44.9 Å². The van der Waals surface area contributed by atoms with Gasteiger partial charge in [-0.25, -0.2) is 44.9 Å². The summed E-state index contributed by atoms with van der Waals surface area (Å²) in [6.07, 6.45) is 0. The largest absolute Gasteiger partial charge is 0.208 e. The van der Waals surface area contributed by atoms with Crippen LogP contribution in [-0.2, 0) is 0 Å². The monoisotopic (exact) mass is 1810 g/mol. The molecule has 0 aliphatic heterocycles. The number of rotatable bonds is 14. The van der Waals surface area contributed by atoms with Gasteiger partial charge < -0.3 is 0 Å². The van der Waals surface area contributed by atoms with Crippen molar-refractivity contribution in [1.82, 2.24) is 44.9 Å². The minimum absolute atomic E-state index is 0.640. The van der Waals surface area contributed by atoms with Crippen molar-refractivity contribution in [2.45, 2.75) is 0 Å².